The van der Waals surface area contributed by atoms with Crippen LogP contribution in [0.15, 0.2) is 24.4 Å². The largest absolute Gasteiger partial charge is 0.393 e. The van der Waals surface area contributed by atoms with Crippen LogP contribution in [0.1, 0.15) is 18.2 Å². The van der Waals surface area contributed by atoms with Crippen LogP contribution in [0.5, 0.6) is 0 Å². The zero-order valence-corrected chi connectivity index (χ0v) is 9.76. The maximum atomic E-state index is 13.8. The number of aryl methyl sites for hydroxylation is 1. The second-order valence-corrected chi connectivity index (χ2v) is 4.12. The normalized spacial score (nSPS) is 12.7. The molecule has 5 heteroatoms. The number of aliphatic hydroxyl groups excluding tert-OH is 1. The van der Waals surface area contributed by atoms with Gasteiger partial charge in [0.15, 0.2) is 5.82 Å². The van der Waals surface area contributed by atoms with E-state index < -0.39 is 6.10 Å². The highest BCUT2D eigenvalue weighted by molar-refractivity contribution is 5.36. The van der Waals surface area contributed by atoms with Crippen LogP contribution in [-0.4, -0.2) is 26.2 Å². The van der Waals surface area contributed by atoms with Gasteiger partial charge in [-0.1, -0.05) is 17.3 Å². The van der Waals surface area contributed by atoms with E-state index in [1.165, 1.54) is 4.68 Å². The third-order valence-electron chi connectivity index (χ3n) is 2.46. The summed E-state index contributed by atoms with van der Waals surface area (Å²) in [4.78, 5) is 0. The highest BCUT2D eigenvalue weighted by Gasteiger charge is 2.10. The first-order valence-electron chi connectivity index (χ1n) is 5.42. The Morgan fingerprint density at radius 2 is 2.24 bits per heavy atom. The van der Waals surface area contributed by atoms with E-state index in [0.29, 0.717) is 23.4 Å². The zero-order chi connectivity index (χ0) is 12.4. The molecule has 1 unspecified atom stereocenters. The Labute approximate surface area is 98.7 Å². The maximum Gasteiger partial charge on any atom is 0.151 e. The molecular weight excluding hydrogens is 221 g/mol. The number of benzene rings is 1. The Balaban J connectivity index is 2.34. The molecule has 0 saturated heterocycles. The van der Waals surface area contributed by atoms with E-state index in [1.807, 2.05) is 0 Å². The first-order chi connectivity index (χ1) is 8.08. The van der Waals surface area contributed by atoms with Gasteiger partial charge in [0.1, 0.15) is 5.69 Å². The van der Waals surface area contributed by atoms with Gasteiger partial charge in [-0.15, -0.1) is 5.10 Å². The lowest BCUT2D eigenvalue weighted by Crippen LogP contribution is -2.04. The minimum absolute atomic E-state index is 0.305. The van der Waals surface area contributed by atoms with E-state index in [4.69, 9.17) is 0 Å². The summed E-state index contributed by atoms with van der Waals surface area (Å²) in [6, 6.07) is 5.11. The van der Waals surface area contributed by atoms with Gasteiger partial charge in [0, 0.05) is 6.42 Å². The Bertz CT molecular complexity index is 522. The second kappa shape index (κ2) is 4.63. The first-order valence-corrected chi connectivity index (χ1v) is 5.42. The Morgan fingerprint density at radius 1 is 1.47 bits per heavy atom. The van der Waals surface area contributed by atoms with Crippen LogP contribution in [0, 0.1) is 12.7 Å². The molecule has 90 valence electrons. The van der Waals surface area contributed by atoms with Crippen molar-refractivity contribution in [2.75, 3.05) is 0 Å². The molecule has 0 aliphatic heterocycles. The predicted molar refractivity (Wildman–Crippen MR) is 61.4 cm³/mol. The molecule has 0 aliphatic carbocycles. The number of aliphatic hydroxyl groups is 1. The van der Waals surface area contributed by atoms with Gasteiger partial charge in [0.25, 0.3) is 0 Å². The molecule has 0 saturated carbocycles. The van der Waals surface area contributed by atoms with Crippen LogP contribution >= 0.6 is 0 Å². The lowest BCUT2D eigenvalue weighted by atomic mass is 10.2. The number of hydrogen-bond donors (Lipinski definition) is 1. The fraction of sp³-hybridized carbons (Fsp3) is 0.333. The number of halogens is 1. The highest BCUT2D eigenvalue weighted by Crippen LogP contribution is 2.15. The fourth-order valence-corrected chi connectivity index (χ4v) is 1.62. The van der Waals surface area contributed by atoms with Gasteiger partial charge in [-0.25, -0.2) is 9.07 Å². The van der Waals surface area contributed by atoms with Crippen LogP contribution in [0.4, 0.5) is 4.39 Å². The standard InChI is InChI=1S/C12H14FN3O/c1-8-4-3-5-11(12(8)13)16-7-10(14-15-16)6-9(2)17/h3-5,7,9,17H,6H2,1-2H3. The number of rotatable bonds is 3. The van der Waals surface area contributed by atoms with Crippen molar-refractivity contribution in [3.8, 4) is 5.69 Å². The molecule has 1 N–H and O–H groups in total. The molecule has 0 fully saturated rings. The molecule has 2 aromatic rings. The number of aromatic nitrogens is 3. The third kappa shape index (κ3) is 2.50. The Hall–Kier alpha value is -1.75. The molecule has 4 nitrogen and oxygen atoms in total. The molecule has 0 radical (unpaired) electrons. The van der Waals surface area contributed by atoms with Gasteiger partial charge in [0.05, 0.1) is 18.0 Å². The van der Waals surface area contributed by atoms with E-state index in [9.17, 15) is 9.50 Å². The van der Waals surface area contributed by atoms with E-state index in [1.54, 1.807) is 38.2 Å². The van der Waals surface area contributed by atoms with Crippen molar-refractivity contribution in [3.63, 3.8) is 0 Å². The molecule has 0 bridgehead atoms. The third-order valence-corrected chi connectivity index (χ3v) is 2.46. The summed E-state index contributed by atoms with van der Waals surface area (Å²) in [6.07, 6.45) is 1.56. The quantitative estimate of drug-likeness (QED) is 0.879. The molecule has 1 heterocycles. The van der Waals surface area contributed by atoms with Crippen molar-refractivity contribution in [1.82, 2.24) is 15.0 Å². The molecule has 1 aromatic heterocycles. The van der Waals surface area contributed by atoms with E-state index in [-0.39, 0.29) is 5.82 Å². The predicted octanol–water partition coefficient (Wildman–Crippen LogP) is 1.64. The summed E-state index contributed by atoms with van der Waals surface area (Å²) in [5.41, 5.74) is 1.57. The zero-order valence-electron chi connectivity index (χ0n) is 9.76. The molecule has 17 heavy (non-hydrogen) atoms. The highest BCUT2D eigenvalue weighted by atomic mass is 19.1. The van der Waals surface area contributed by atoms with Crippen LogP contribution < -0.4 is 0 Å². The van der Waals surface area contributed by atoms with Crippen molar-refractivity contribution < 1.29 is 9.50 Å². The van der Waals surface area contributed by atoms with Crippen molar-refractivity contribution in [1.29, 1.82) is 0 Å². The number of nitrogens with zero attached hydrogens (tertiary/aromatic N) is 3. The van der Waals surface area contributed by atoms with Crippen molar-refractivity contribution >= 4 is 0 Å². The van der Waals surface area contributed by atoms with Gasteiger partial charge in [-0.3, -0.25) is 0 Å². The average molecular weight is 235 g/mol. The lowest BCUT2D eigenvalue weighted by molar-refractivity contribution is 0.194. The Morgan fingerprint density at radius 3 is 2.94 bits per heavy atom. The Kier molecular flexibility index (Phi) is 3.19. The smallest absolute Gasteiger partial charge is 0.151 e. The monoisotopic (exact) mass is 235 g/mol. The second-order valence-electron chi connectivity index (χ2n) is 4.12. The summed E-state index contributed by atoms with van der Waals surface area (Å²) < 4.78 is 15.2. The van der Waals surface area contributed by atoms with Gasteiger partial charge in [0.2, 0.25) is 0 Å². The first kappa shape index (κ1) is 11.7. The summed E-state index contributed by atoms with van der Waals surface area (Å²) in [5, 5.41) is 17.0. The van der Waals surface area contributed by atoms with Crippen molar-refractivity contribution in [2.45, 2.75) is 26.4 Å². The molecule has 2 rings (SSSR count). The van der Waals surface area contributed by atoms with E-state index >= 15 is 0 Å². The summed E-state index contributed by atoms with van der Waals surface area (Å²) >= 11 is 0. The minimum atomic E-state index is -0.484. The van der Waals surface area contributed by atoms with Gasteiger partial charge >= 0.3 is 0 Å². The molecule has 0 amide bonds. The van der Waals surface area contributed by atoms with Gasteiger partial charge in [-0.2, -0.15) is 0 Å². The van der Waals surface area contributed by atoms with Gasteiger partial charge < -0.3 is 5.11 Å². The van der Waals surface area contributed by atoms with E-state index in [2.05, 4.69) is 10.3 Å². The van der Waals surface area contributed by atoms with E-state index in [0.717, 1.165) is 0 Å². The van der Waals surface area contributed by atoms with Gasteiger partial charge in [-0.05, 0) is 25.5 Å². The molecule has 0 spiro atoms. The molecule has 0 aliphatic rings. The SMILES string of the molecule is Cc1cccc(-n2cc(CC(C)O)nn2)c1F. The topological polar surface area (TPSA) is 50.9 Å². The summed E-state index contributed by atoms with van der Waals surface area (Å²) in [6.45, 7) is 3.37. The lowest BCUT2D eigenvalue weighted by Gasteiger charge is -2.03. The molecule has 1 atom stereocenters. The average Bonchev–Trinajstić information content (AvgIpc) is 2.69. The number of hydrogen-bond acceptors (Lipinski definition) is 3. The molecular formula is C12H14FN3O. The fourth-order valence-electron chi connectivity index (χ4n) is 1.62. The summed E-state index contributed by atoms with van der Waals surface area (Å²) in [5.74, 6) is -0.305. The van der Waals surface area contributed by atoms with Crippen LogP contribution in [0.25, 0.3) is 5.69 Å². The molecule has 1 aromatic carbocycles. The van der Waals surface area contributed by atoms with Crippen LogP contribution in [0.2, 0.25) is 0 Å². The summed E-state index contributed by atoms with van der Waals surface area (Å²) in [7, 11) is 0. The van der Waals surface area contributed by atoms with Crippen LogP contribution in [-0.2, 0) is 6.42 Å². The van der Waals surface area contributed by atoms with Crippen molar-refractivity contribution in [3.05, 3.63) is 41.5 Å². The van der Waals surface area contributed by atoms with Crippen molar-refractivity contribution in [2.24, 2.45) is 0 Å². The minimum Gasteiger partial charge on any atom is -0.393 e. The van der Waals surface area contributed by atoms with Crippen LogP contribution in [0.3, 0.4) is 0 Å². The maximum absolute atomic E-state index is 13.8.